The maximum atomic E-state index is 14.1. The lowest BCUT2D eigenvalue weighted by Gasteiger charge is -2.11. The molecule has 0 spiro atoms. The number of sulfonamides is 1. The third kappa shape index (κ3) is 7.34. The molecule has 1 heterocycles. The summed E-state index contributed by atoms with van der Waals surface area (Å²) >= 11 is 0. The molecule has 2 aromatic carbocycles. The molecule has 184 valence electrons. The molecule has 0 aliphatic heterocycles. The van der Waals surface area contributed by atoms with Crippen molar-refractivity contribution in [2.45, 2.75) is 12.7 Å². The van der Waals surface area contributed by atoms with Crippen molar-refractivity contribution in [1.29, 1.82) is 0 Å². The smallest absolute Gasteiger partial charge is 0.348 e. The Morgan fingerprint density at radius 3 is 2.43 bits per heavy atom. The molecule has 0 aliphatic rings. The highest BCUT2D eigenvalue weighted by Crippen LogP contribution is 2.32. The zero-order valence-corrected chi connectivity index (χ0v) is 18.8. The van der Waals surface area contributed by atoms with E-state index in [-0.39, 0.29) is 29.1 Å². The van der Waals surface area contributed by atoms with Crippen LogP contribution in [0.1, 0.15) is 16.8 Å². The number of halogens is 5. The van der Waals surface area contributed by atoms with Crippen LogP contribution in [0, 0.1) is 11.6 Å². The lowest BCUT2D eigenvalue weighted by molar-refractivity contribution is -0.141. The Hall–Kier alpha value is -3.80. The van der Waals surface area contributed by atoms with E-state index in [1.807, 2.05) is 4.72 Å². The van der Waals surface area contributed by atoms with E-state index in [4.69, 9.17) is 0 Å². The van der Waals surface area contributed by atoms with Gasteiger partial charge >= 0.3 is 6.18 Å². The van der Waals surface area contributed by atoms with E-state index in [1.54, 1.807) is 0 Å². The summed E-state index contributed by atoms with van der Waals surface area (Å²) in [5.74, 6) is -2.15. The molecule has 1 aromatic heterocycles. The highest BCUT2D eigenvalue weighted by Gasteiger charge is 2.33. The van der Waals surface area contributed by atoms with Crippen molar-refractivity contribution < 1.29 is 35.2 Å². The number of benzene rings is 2. The summed E-state index contributed by atoms with van der Waals surface area (Å²) in [6.45, 7) is -0.110. The van der Waals surface area contributed by atoms with Gasteiger partial charge in [-0.2, -0.15) is 13.2 Å². The Balaban J connectivity index is 1.77. The van der Waals surface area contributed by atoms with Gasteiger partial charge in [0.25, 0.3) is 0 Å². The molecule has 0 unspecified atom stereocenters. The average molecular weight is 511 g/mol. The first kappa shape index (κ1) is 25.8. The molecule has 0 atom stereocenters. The number of alkyl halides is 3. The first-order valence-corrected chi connectivity index (χ1v) is 11.8. The van der Waals surface area contributed by atoms with E-state index in [0.29, 0.717) is 5.56 Å². The fraction of sp³-hybridized carbons (Fsp3) is 0.130. The van der Waals surface area contributed by atoms with Crippen molar-refractivity contribution in [2.24, 2.45) is 0 Å². The summed E-state index contributed by atoms with van der Waals surface area (Å²) in [6.07, 6.45) is -1.58. The van der Waals surface area contributed by atoms with E-state index >= 15 is 0 Å². The Bertz CT molecular complexity index is 1390. The normalized spacial score (nSPS) is 12.1. The van der Waals surface area contributed by atoms with E-state index in [1.165, 1.54) is 30.3 Å². The second-order valence-corrected chi connectivity index (χ2v) is 9.13. The van der Waals surface area contributed by atoms with Gasteiger partial charge < -0.3 is 5.32 Å². The largest absolute Gasteiger partial charge is 0.433 e. The van der Waals surface area contributed by atoms with Crippen LogP contribution in [-0.4, -0.2) is 25.6 Å². The minimum atomic E-state index is -4.72. The molecule has 0 bridgehead atoms. The number of pyridine rings is 1. The van der Waals surface area contributed by atoms with Gasteiger partial charge in [0.05, 0.1) is 17.6 Å². The monoisotopic (exact) mass is 511 g/mol. The molecule has 0 fully saturated rings. The fourth-order valence-corrected chi connectivity index (χ4v) is 3.56. The van der Waals surface area contributed by atoms with Crippen LogP contribution in [0.2, 0.25) is 0 Å². The van der Waals surface area contributed by atoms with Gasteiger partial charge in [0.2, 0.25) is 15.9 Å². The van der Waals surface area contributed by atoms with Crippen LogP contribution in [0.4, 0.5) is 27.6 Å². The fourth-order valence-electron chi connectivity index (χ4n) is 2.99. The maximum absolute atomic E-state index is 14.1. The second-order valence-electron chi connectivity index (χ2n) is 7.38. The summed E-state index contributed by atoms with van der Waals surface area (Å²) in [7, 11) is -3.67. The van der Waals surface area contributed by atoms with Crippen molar-refractivity contribution in [3.63, 3.8) is 0 Å². The second kappa shape index (κ2) is 10.2. The SMILES string of the molecule is CS(=O)(=O)Nc1ccc(CNC(=O)/C=C\c2ccc(C(F)(F)F)nc2-c2cccc(F)c2)cc1F. The Labute approximate surface area is 197 Å². The minimum absolute atomic E-state index is 0.0921. The lowest BCUT2D eigenvalue weighted by atomic mass is 10.0. The summed E-state index contributed by atoms with van der Waals surface area (Å²) < 4.78 is 91.5. The number of nitrogens with one attached hydrogen (secondary N) is 2. The van der Waals surface area contributed by atoms with Gasteiger partial charge in [0, 0.05) is 23.7 Å². The molecule has 2 N–H and O–H groups in total. The molecule has 35 heavy (non-hydrogen) atoms. The summed E-state index contributed by atoms with van der Waals surface area (Å²) in [6, 6.07) is 10.4. The molecule has 0 saturated heterocycles. The topological polar surface area (TPSA) is 88.2 Å². The third-order valence-corrected chi connectivity index (χ3v) is 5.12. The van der Waals surface area contributed by atoms with Gasteiger partial charge in [-0.1, -0.05) is 24.3 Å². The van der Waals surface area contributed by atoms with Crippen LogP contribution in [-0.2, 0) is 27.5 Å². The number of hydrogen-bond acceptors (Lipinski definition) is 4. The molecular formula is C23H18F5N3O3S. The molecule has 0 saturated carbocycles. The highest BCUT2D eigenvalue weighted by atomic mass is 32.2. The number of amides is 1. The maximum Gasteiger partial charge on any atom is 0.433 e. The average Bonchev–Trinajstić information content (AvgIpc) is 2.76. The first-order chi connectivity index (χ1) is 16.3. The quantitative estimate of drug-likeness (QED) is 0.354. The number of hydrogen-bond donors (Lipinski definition) is 2. The summed E-state index contributed by atoms with van der Waals surface area (Å²) in [5.41, 5.74) is -1.02. The lowest BCUT2D eigenvalue weighted by Crippen LogP contribution is -2.20. The van der Waals surface area contributed by atoms with Gasteiger partial charge in [0.15, 0.2) is 0 Å². The number of carbonyl (C=O) groups is 1. The predicted molar refractivity (Wildman–Crippen MR) is 120 cm³/mol. The van der Waals surface area contributed by atoms with Crippen LogP contribution in [0.15, 0.2) is 60.7 Å². The molecule has 3 aromatic rings. The van der Waals surface area contributed by atoms with E-state index in [2.05, 4.69) is 10.3 Å². The number of aromatic nitrogens is 1. The molecule has 0 radical (unpaired) electrons. The first-order valence-electron chi connectivity index (χ1n) is 9.88. The van der Waals surface area contributed by atoms with Crippen molar-refractivity contribution in [1.82, 2.24) is 10.3 Å². The number of nitrogens with zero attached hydrogens (tertiary/aromatic N) is 1. The molecule has 3 rings (SSSR count). The third-order valence-electron chi connectivity index (χ3n) is 4.52. The van der Waals surface area contributed by atoms with Crippen molar-refractivity contribution in [3.05, 3.63) is 89.1 Å². The van der Waals surface area contributed by atoms with Crippen molar-refractivity contribution in [2.75, 3.05) is 11.0 Å². The zero-order valence-electron chi connectivity index (χ0n) is 18.0. The van der Waals surface area contributed by atoms with Gasteiger partial charge in [-0.05, 0) is 42.0 Å². The van der Waals surface area contributed by atoms with Crippen LogP contribution in [0.5, 0.6) is 0 Å². The Morgan fingerprint density at radius 1 is 1.06 bits per heavy atom. The number of carbonyl (C=O) groups excluding carboxylic acids is 1. The molecule has 6 nitrogen and oxygen atoms in total. The van der Waals surface area contributed by atoms with Crippen LogP contribution >= 0.6 is 0 Å². The summed E-state index contributed by atoms with van der Waals surface area (Å²) in [4.78, 5) is 15.8. The van der Waals surface area contributed by atoms with Gasteiger partial charge in [0.1, 0.15) is 17.3 Å². The predicted octanol–water partition coefficient (Wildman–Crippen LogP) is 4.75. The van der Waals surface area contributed by atoms with Gasteiger partial charge in [-0.25, -0.2) is 22.2 Å². The molecule has 1 amide bonds. The van der Waals surface area contributed by atoms with E-state index < -0.39 is 39.4 Å². The number of anilines is 1. The van der Waals surface area contributed by atoms with Crippen molar-refractivity contribution in [3.8, 4) is 11.3 Å². The molecular weight excluding hydrogens is 493 g/mol. The molecule has 0 aliphatic carbocycles. The standard InChI is InChI=1S/C23H18F5N3O3S/c1-35(33,34)31-19-8-5-14(11-18(19)25)13-29-21(32)10-7-15-6-9-20(23(26,27)28)30-22(15)16-3-2-4-17(24)12-16/h2-12,31H,13H2,1H3,(H,29,32)/b10-7-. The number of rotatable bonds is 7. The highest BCUT2D eigenvalue weighted by molar-refractivity contribution is 7.92. The Morgan fingerprint density at radius 2 is 1.80 bits per heavy atom. The van der Waals surface area contributed by atoms with E-state index in [9.17, 15) is 35.2 Å². The summed E-state index contributed by atoms with van der Waals surface area (Å²) in [5, 5.41) is 2.48. The van der Waals surface area contributed by atoms with Gasteiger partial charge in [-0.3, -0.25) is 9.52 Å². The Kier molecular flexibility index (Phi) is 7.54. The van der Waals surface area contributed by atoms with Crippen LogP contribution in [0.3, 0.4) is 0 Å². The van der Waals surface area contributed by atoms with Crippen LogP contribution < -0.4 is 10.0 Å². The zero-order chi connectivity index (χ0) is 25.8. The van der Waals surface area contributed by atoms with Crippen LogP contribution in [0.25, 0.3) is 17.3 Å². The van der Waals surface area contributed by atoms with Gasteiger partial charge in [-0.15, -0.1) is 0 Å². The minimum Gasteiger partial charge on any atom is -0.348 e. The van der Waals surface area contributed by atoms with E-state index in [0.717, 1.165) is 42.7 Å². The molecule has 12 heteroatoms. The van der Waals surface area contributed by atoms with Crippen molar-refractivity contribution >= 4 is 27.7 Å².